The van der Waals surface area contributed by atoms with Gasteiger partial charge in [0.05, 0.1) is 24.9 Å². The Kier molecular flexibility index (Phi) is 3.36. The van der Waals surface area contributed by atoms with Crippen molar-refractivity contribution in [2.24, 2.45) is 7.05 Å². The first-order valence-electron chi connectivity index (χ1n) is 5.67. The van der Waals surface area contributed by atoms with Crippen LogP contribution in [-0.4, -0.2) is 41.1 Å². The Hall–Kier alpha value is -1.52. The number of fused-ring (bicyclic) bond motifs is 1. The lowest BCUT2D eigenvalue weighted by Gasteiger charge is -2.26. The Labute approximate surface area is 101 Å². The smallest absolute Gasteiger partial charge is 0.0749 e. The van der Waals surface area contributed by atoms with E-state index in [1.165, 1.54) is 0 Å². The van der Waals surface area contributed by atoms with Crippen molar-refractivity contribution in [3.05, 3.63) is 30.5 Å². The molecule has 0 spiro atoms. The third-order valence-electron chi connectivity index (χ3n) is 3.23. The van der Waals surface area contributed by atoms with E-state index in [1.54, 1.807) is 0 Å². The molecule has 0 aliphatic heterocycles. The van der Waals surface area contributed by atoms with Gasteiger partial charge in [0.1, 0.15) is 0 Å². The van der Waals surface area contributed by atoms with Crippen LogP contribution >= 0.6 is 0 Å². The van der Waals surface area contributed by atoms with Crippen LogP contribution in [0.3, 0.4) is 0 Å². The molecule has 0 aliphatic rings. The van der Waals surface area contributed by atoms with Crippen LogP contribution in [0, 0.1) is 0 Å². The molecule has 0 saturated carbocycles. The van der Waals surface area contributed by atoms with Crippen LogP contribution in [0.5, 0.6) is 0 Å². The van der Waals surface area contributed by atoms with Crippen LogP contribution in [0.1, 0.15) is 0 Å². The van der Waals surface area contributed by atoms with Crippen molar-refractivity contribution in [1.82, 2.24) is 4.57 Å². The normalized spacial score (nSPS) is 11.4. The summed E-state index contributed by atoms with van der Waals surface area (Å²) < 4.78 is 2.05. The maximum atomic E-state index is 9.23. The van der Waals surface area contributed by atoms with Crippen molar-refractivity contribution in [2.75, 3.05) is 25.2 Å². The molecule has 1 aromatic carbocycles. The third-order valence-corrected chi connectivity index (χ3v) is 3.23. The molecular weight excluding hydrogens is 216 g/mol. The number of hydrogen-bond acceptors (Lipinski definition) is 3. The number of aliphatic hydroxyl groups is 2. The number of likely N-dealkylation sites (N-methyl/N-ethyl adjacent to an activating group) is 1. The van der Waals surface area contributed by atoms with Gasteiger partial charge in [-0.2, -0.15) is 0 Å². The van der Waals surface area contributed by atoms with E-state index in [2.05, 4.69) is 6.07 Å². The number of para-hydroxylation sites is 1. The van der Waals surface area contributed by atoms with E-state index >= 15 is 0 Å². The Morgan fingerprint density at radius 2 is 1.88 bits per heavy atom. The standard InChI is InChI=1S/C13H18N2O2/c1-14-7-13(15(2)10(8-16)9-17)11-5-3-4-6-12(11)14/h3-7,10,16-17H,8-9H2,1-2H3. The predicted molar refractivity (Wildman–Crippen MR) is 69.3 cm³/mol. The Morgan fingerprint density at radius 3 is 2.53 bits per heavy atom. The zero-order valence-electron chi connectivity index (χ0n) is 10.2. The molecule has 2 aromatic rings. The maximum absolute atomic E-state index is 9.23. The summed E-state index contributed by atoms with van der Waals surface area (Å²) in [7, 11) is 3.88. The highest BCUT2D eigenvalue weighted by Gasteiger charge is 2.17. The molecule has 17 heavy (non-hydrogen) atoms. The Morgan fingerprint density at radius 1 is 1.24 bits per heavy atom. The Bertz CT molecular complexity index is 503. The second kappa shape index (κ2) is 4.77. The monoisotopic (exact) mass is 234 g/mol. The van der Waals surface area contributed by atoms with Gasteiger partial charge in [0.25, 0.3) is 0 Å². The minimum Gasteiger partial charge on any atom is -0.394 e. The lowest BCUT2D eigenvalue weighted by Crippen LogP contribution is -2.37. The number of nitrogens with zero attached hydrogens (tertiary/aromatic N) is 2. The number of rotatable bonds is 4. The molecule has 0 saturated heterocycles. The van der Waals surface area contributed by atoms with Crippen LogP contribution in [-0.2, 0) is 7.05 Å². The summed E-state index contributed by atoms with van der Waals surface area (Å²) in [4.78, 5) is 1.92. The maximum Gasteiger partial charge on any atom is 0.0749 e. The molecule has 0 radical (unpaired) electrons. The summed E-state index contributed by atoms with van der Waals surface area (Å²) in [5, 5.41) is 19.6. The van der Waals surface area contributed by atoms with Gasteiger partial charge in [0, 0.05) is 31.2 Å². The van der Waals surface area contributed by atoms with Crippen molar-refractivity contribution in [1.29, 1.82) is 0 Å². The molecule has 92 valence electrons. The van der Waals surface area contributed by atoms with Crippen LogP contribution in [0.25, 0.3) is 10.9 Å². The van der Waals surface area contributed by atoms with Crippen molar-refractivity contribution < 1.29 is 10.2 Å². The van der Waals surface area contributed by atoms with Crippen molar-refractivity contribution >= 4 is 16.6 Å². The fraction of sp³-hybridized carbons (Fsp3) is 0.385. The molecule has 0 atom stereocenters. The first-order chi connectivity index (χ1) is 8.19. The molecule has 0 amide bonds. The van der Waals surface area contributed by atoms with E-state index < -0.39 is 0 Å². The topological polar surface area (TPSA) is 48.6 Å². The molecule has 0 bridgehead atoms. The molecule has 4 heteroatoms. The van der Waals surface area contributed by atoms with Crippen molar-refractivity contribution in [3.63, 3.8) is 0 Å². The summed E-state index contributed by atoms with van der Waals surface area (Å²) >= 11 is 0. The summed E-state index contributed by atoms with van der Waals surface area (Å²) in [5.41, 5.74) is 2.17. The van der Waals surface area contributed by atoms with Crippen LogP contribution < -0.4 is 4.90 Å². The molecule has 0 fully saturated rings. The first kappa shape index (κ1) is 12.0. The number of aryl methyl sites for hydroxylation is 1. The zero-order chi connectivity index (χ0) is 12.4. The second-order valence-corrected chi connectivity index (χ2v) is 4.27. The average Bonchev–Trinajstić information content (AvgIpc) is 2.69. The van der Waals surface area contributed by atoms with Gasteiger partial charge in [-0.25, -0.2) is 0 Å². The van der Waals surface area contributed by atoms with E-state index in [1.807, 2.05) is 48.0 Å². The van der Waals surface area contributed by atoms with E-state index in [-0.39, 0.29) is 19.3 Å². The average molecular weight is 234 g/mol. The lowest BCUT2D eigenvalue weighted by atomic mass is 10.2. The van der Waals surface area contributed by atoms with Gasteiger partial charge in [-0.15, -0.1) is 0 Å². The van der Waals surface area contributed by atoms with E-state index in [9.17, 15) is 10.2 Å². The van der Waals surface area contributed by atoms with Gasteiger partial charge in [0.15, 0.2) is 0 Å². The van der Waals surface area contributed by atoms with Gasteiger partial charge in [-0.3, -0.25) is 0 Å². The molecular formula is C13H18N2O2. The van der Waals surface area contributed by atoms with E-state index in [0.29, 0.717) is 0 Å². The molecule has 1 aromatic heterocycles. The highest BCUT2D eigenvalue weighted by Crippen LogP contribution is 2.28. The van der Waals surface area contributed by atoms with Crippen molar-refractivity contribution in [2.45, 2.75) is 6.04 Å². The largest absolute Gasteiger partial charge is 0.394 e. The summed E-state index contributed by atoms with van der Waals surface area (Å²) in [6.45, 7) is -0.119. The quantitative estimate of drug-likeness (QED) is 0.828. The fourth-order valence-corrected chi connectivity index (χ4v) is 2.10. The van der Waals surface area contributed by atoms with Gasteiger partial charge in [-0.1, -0.05) is 18.2 Å². The third kappa shape index (κ3) is 2.01. The first-order valence-corrected chi connectivity index (χ1v) is 5.67. The molecule has 1 heterocycles. The molecule has 4 nitrogen and oxygen atoms in total. The van der Waals surface area contributed by atoms with E-state index in [4.69, 9.17) is 0 Å². The highest BCUT2D eigenvalue weighted by atomic mass is 16.3. The summed E-state index contributed by atoms with van der Waals surface area (Å²) in [5.74, 6) is 0. The minimum atomic E-state index is -0.263. The zero-order valence-corrected chi connectivity index (χ0v) is 10.2. The van der Waals surface area contributed by atoms with Crippen LogP contribution in [0.4, 0.5) is 5.69 Å². The molecule has 0 aliphatic carbocycles. The summed E-state index contributed by atoms with van der Waals surface area (Å²) in [6, 6.07) is 7.83. The van der Waals surface area contributed by atoms with Crippen LogP contribution in [0.15, 0.2) is 30.5 Å². The molecule has 2 rings (SSSR count). The van der Waals surface area contributed by atoms with Gasteiger partial charge in [-0.05, 0) is 6.07 Å². The minimum absolute atomic E-state index is 0.0593. The van der Waals surface area contributed by atoms with Gasteiger partial charge < -0.3 is 19.7 Å². The second-order valence-electron chi connectivity index (χ2n) is 4.27. The number of aromatic nitrogens is 1. The van der Waals surface area contributed by atoms with Gasteiger partial charge in [0.2, 0.25) is 0 Å². The number of anilines is 1. The van der Waals surface area contributed by atoms with E-state index in [0.717, 1.165) is 16.6 Å². The number of hydrogen-bond donors (Lipinski definition) is 2. The van der Waals surface area contributed by atoms with Gasteiger partial charge >= 0.3 is 0 Å². The number of benzene rings is 1. The molecule has 2 N–H and O–H groups in total. The molecule has 0 unspecified atom stereocenters. The number of aliphatic hydroxyl groups excluding tert-OH is 2. The fourth-order valence-electron chi connectivity index (χ4n) is 2.10. The van der Waals surface area contributed by atoms with Crippen LogP contribution in [0.2, 0.25) is 0 Å². The van der Waals surface area contributed by atoms with Crippen molar-refractivity contribution in [3.8, 4) is 0 Å². The summed E-state index contributed by atoms with van der Waals surface area (Å²) in [6.07, 6.45) is 2.02. The Balaban J connectivity index is 2.48. The highest BCUT2D eigenvalue weighted by molar-refractivity contribution is 5.93. The predicted octanol–water partition coefficient (Wildman–Crippen LogP) is 0.968. The SMILES string of the molecule is CN(c1cn(C)c2ccccc12)C(CO)CO. The lowest BCUT2D eigenvalue weighted by molar-refractivity contribution is 0.191.